The first-order valence-electron chi connectivity index (χ1n) is 7.56. The number of nitrogens with zero attached hydrogens (tertiary/aromatic N) is 4. The van der Waals surface area contributed by atoms with E-state index in [4.69, 9.17) is 0 Å². The van der Waals surface area contributed by atoms with Crippen LogP contribution in [0.25, 0.3) is 5.65 Å². The van der Waals surface area contributed by atoms with Crippen molar-refractivity contribution in [3.8, 4) is 0 Å². The molecule has 0 saturated carbocycles. The normalized spacial score (nSPS) is 17.0. The van der Waals surface area contributed by atoms with Crippen LogP contribution in [0.3, 0.4) is 0 Å². The number of fused-ring (bicyclic) bond motifs is 2. The van der Waals surface area contributed by atoms with E-state index < -0.39 is 17.9 Å². The Morgan fingerprint density at radius 3 is 2.96 bits per heavy atom. The SMILES string of the molecule is Cc1ccc2nc(C(=O)N3CCc4[nH]cnc4[C@@H]3C(=O)O)cn2c1. The molecule has 0 bridgehead atoms. The lowest BCUT2D eigenvalue weighted by Gasteiger charge is -2.31. The van der Waals surface area contributed by atoms with Crippen LogP contribution in [-0.4, -0.2) is 47.8 Å². The van der Waals surface area contributed by atoms with Gasteiger partial charge in [0.2, 0.25) is 0 Å². The van der Waals surface area contributed by atoms with E-state index in [1.165, 1.54) is 11.2 Å². The summed E-state index contributed by atoms with van der Waals surface area (Å²) in [5, 5.41) is 9.57. The first-order valence-corrected chi connectivity index (χ1v) is 7.56. The number of carboxylic acids is 1. The molecule has 3 aromatic rings. The van der Waals surface area contributed by atoms with E-state index >= 15 is 0 Å². The minimum absolute atomic E-state index is 0.228. The maximum absolute atomic E-state index is 12.8. The minimum atomic E-state index is -1.10. The molecular formula is C16H15N5O3. The smallest absolute Gasteiger partial charge is 0.332 e. The zero-order valence-electron chi connectivity index (χ0n) is 12.9. The van der Waals surface area contributed by atoms with Gasteiger partial charge in [-0.1, -0.05) is 6.07 Å². The van der Waals surface area contributed by atoms with Gasteiger partial charge in [-0.2, -0.15) is 0 Å². The molecule has 1 amide bonds. The van der Waals surface area contributed by atoms with Crippen LogP contribution in [0.1, 0.15) is 33.5 Å². The molecule has 0 unspecified atom stereocenters. The van der Waals surface area contributed by atoms with Crippen LogP contribution in [-0.2, 0) is 11.2 Å². The first kappa shape index (κ1) is 14.4. The molecule has 0 fully saturated rings. The van der Waals surface area contributed by atoms with Crippen LogP contribution in [0, 0.1) is 6.92 Å². The zero-order chi connectivity index (χ0) is 16.8. The van der Waals surface area contributed by atoms with Crippen molar-refractivity contribution in [1.82, 2.24) is 24.3 Å². The Morgan fingerprint density at radius 1 is 1.33 bits per heavy atom. The molecule has 0 spiro atoms. The molecule has 1 atom stereocenters. The number of carboxylic acid groups (broad SMARTS) is 1. The fourth-order valence-corrected chi connectivity index (χ4v) is 3.10. The fraction of sp³-hybridized carbons (Fsp3) is 0.250. The quantitative estimate of drug-likeness (QED) is 0.736. The summed E-state index contributed by atoms with van der Waals surface area (Å²) in [6.07, 6.45) is 5.50. The van der Waals surface area contributed by atoms with Crippen LogP contribution in [0.15, 0.2) is 30.9 Å². The van der Waals surface area contributed by atoms with Gasteiger partial charge in [-0.25, -0.2) is 14.8 Å². The summed E-state index contributed by atoms with van der Waals surface area (Å²) in [5.41, 5.74) is 3.07. The molecule has 0 aliphatic carbocycles. The van der Waals surface area contributed by atoms with Gasteiger partial charge in [0.15, 0.2) is 6.04 Å². The summed E-state index contributed by atoms with van der Waals surface area (Å²) in [7, 11) is 0. The topological polar surface area (TPSA) is 104 Å². The summed E-state index contributed by atoms with van der Waals surface area (Å²) in [6.45, 7) is 2.25. The fourth-order valence-electron chi connectivity index (χ4n) is 3.10. The Balaban J connectivity index is 1.73. The van der Waals surface area contributed by atoms with Gasteiger partial charge in [0.25, 0.3) is 5.91 Å². The maximum atomic E-state index is 12.8. The standard InChI is InChI=1S/C16H15N5O3/c1-9-2-3-12-19-11(7-20(12)6-9)15(22)21-5-4-10-13(18-8-17-10)14(21)16(23)24/h2-3,6-8,14H,4-5H2,1H3,(H,17,18)(H,23,24)/t14-/m1/s1. The number of H-pyrrole nitrogens is 1. The Morgan fingerprint density at radius 2 is 2.17 bits per heavy atom. The summed E-state index contributed by atoms with van der Waals surface area (Å²) < 4.78 is 1.77. The number of aromatic amines is 1. The van der Waals surface area contributed by atoms with Crippen LogP contribution in [0.2, 0.25) is 0 Å². The number of aromatic nitrogens is 4. The monoisotopic (exact) mass is 325 g/mol. The number of carbonyl (C=O) groups is 2. The van der Waals surface area contributed by atoms with Gasteiger partial charge in [0, 0.05) is 31.1 Å². The molecule has 0 radical (unpaired) electrons. The third kappa shape index (κ3) is 2.15. The van der Waals surface area contributed by atoms with Crippen molar-refractivity contribution < 1.29 is 14.7 Å². The highest BCUT2D eigenvalue weighted by molar-refractivity contribution is 5.96. The van der Waals surface area contributed by atoms with Crippen molar-refractivity contribution in [2.24, 2.45) is 0 Å². The number of amides is 1. The van der Waals surface area contributed by atoms with Crippen molar-refractivity contribution in [1.29, 1.82) is 0 Å². The second-order valence-electron chi connectivity index (χ2n) is 5.85. The van der Waals surface area contributed by atoms with Gasteiger partial charge in [0.1, 0.15) is 11.3 Å². The van der Waals surface area contributed by atoms with Crippen LogP contribution in [0.5, 0.6) is 0 Å². The van der Waals surface area contributed by atoms with Gasteiger partial charge >= 0.3 is 5.97 Å². The van der Waals surface area contributed by atoms with E-state index in [-0.39, 0.29) is 5.69 Å². The second kappa shape index (κ2) is 5.19. The predicted octanol–water partition coefficient (Wildman–Crippen LogP) is 1.19. The molecule has 4 heterocycles. The first-order chi connectivity index (χ1) is 11.5. The lowest BCUT2D eigenvalue weighted by atomic mass is 10.0. The molecule has 8 nitrogen and oxygen atoms in total. The van der Waals surface area contributed by atoms with E-state index in [1.54, 1.807) is 10.6 Å². The summed E-state index contributed by atoms with van der Waals surface area (Å²) >= 11 is 0. The van der Waals surface area contributed by atoms with Crippen molar-refractivity contribution in [3.63, 3.8) is 0 Å². The Kier molecular flexibility index (Phi) is 3.12. The van der Waals surface area contributed by atoms with Crippen molar-refractivity contribution in [3.05, 3.63) is 53.5 Å². The Labute approximate surface area is 136 Å². The third-order valence-corrected chi connectivity index (χ3v) is 4.24. The Bertz CT molecular complexity index is 958. The van der Waals surface area contributed by atoms with Crippen molar-refractivity contribution in [2.75, 3.05) is 6.54 Å². The zero-order valence-corrected chi connectivity index (χ0v) is 12.9. The molecule has 2 N–H and O–H groups in total. The van der Waals surface area contributed by atoms with Gasteiger partial charge in [-0.05, 0) is 18.6 Å². The number of hydrogen-bond acceptors (Lipinski definition) is 4. The van der Waals surface area contributed by atoms with E-state index in [1.807, 2.05) is 25.3 Å². The largest absolute Gasteiger partial charge is 0.479 e. The van der Waals surface area contributed by atoms with Crippen molar-refractivity contribution >= 4 is 17.5 Å². The number of nitrogens with one attached hydrogen (secondary N) is 1. The minimum Gasteiger partial charge on any atom is -0.479 e. The number of hydrogen-bond donors (Lipinski definition) is 2. The Hall–Kier alpha value is -3.16. The highest BCUT2D eigenvalue weighted by Crippen LogP contribution is 2.28. The summed E-state index contributed by atoms with van der Waals surface area (Å²) in [6, 6.07) is 2.63. The maximum Gasteiger partial charge on any atom is 0.332 e. The highest BCUT2D eigenvalue weighted by Gasteiger charge is 2.38. The van der Waals surface area contributed by atoms with E-state index in [0.717, 1.165) is 11.3 Å². The van der Waals surface area contributed by atoms with Gasteiger partial charge < -0.3 is 19.4 Å². The molecule has 1 aliphatic heterocycles. The summed E-state index contributed by atoms with van der Waals surface area (Å²) in [5.74, 6) is -1.51. The number of rotatable bonds is 2. The number of aliphatic carboxylic acids is 1. The van der Waals surface area contributed by atoms with E-state index in [0.29, 0.717) is 24.3 Å². The molecule has 24 heavy (non-hydrogen) atoms. The lowest BCUT2D eigenvalue weighted by Crippen LogP contribution is -2.43. The number of aryl methyl sites for hydroxylation is 1. The third-order valence-electron chi connectivity index (χ3n) is 4.24. The number of imidazole rings is 2. The van der Waals surface area contributed by atoms with E-state index in [9.17, 15) is 14.7 Å². The lowest BCUT2D eigenvalue weighted by molar-refractivity contribution is -0.143. The molecule has 4 rings (SSSR count). The van der Waals surface area contributed by atoms with Crippen LogP contribution < -0.4 is 0 Å². The average Bonchev–Trinajstić information content (AvgIpc) is 3.18. The van der Waals surface area contributed by atoms with Gasteiger partial charge in [0.05, 0.1) is 12.0 Å². The highest BCUT2D eigenvalue weighted by atomic mass is 16.4. The average molecular weight is 325 g/mol. The van der Waals surface area contributed by atoms with Gasteiger partial charge in [-0.15, -0.1) is 0 Å². The second-order valence-corrected chi connectivity index (χ2v) is 5.85. The van der Waals surface area contributed by atoms with Crippen LogP contribution in [0.4, 0.5) is 0 Å². The van der Waals surface area contributed by atoms with Gasteiger partial charge in [-0.3, -0.25) is 4.79 Å². The molecular weight excluding hydrogens is 310 g/mol. The van der Waals surface area contributed by atoms with E-state index in [2.05, 4.69) is 15.0 Å². The van der Waals surface area contributed by atoms with Crippen molar-refractivity contribution in [2.45, 2.75) is 19.4 Å². The molecule has 8 heteroatoms. The molecule has 3 aromatic heterocycles. The molecule has 0 aromatic carbocycles. The number of pyridine rings is 1. The molecule has 0 saturated heterocycles. The predicted molar refractivity (Wildman–Crippen MR) is 83.6 cm³/mol. The van der Waals surface area contributed by atoms with Crippen LogP contribution >= 0.6 is 0 Å². The molecule has 1 aliphatic rings. The molecule has 122 valence electrons. The summed E-state index contributed by atoms with van der Waals surface area (Å²) in [4.78, 5) is 37.2. The number of carbonyl (C=O) groups excluding carboxylic acids is 1.